The number of carboxylic acid groups (broad SMARTS) is 1. The van der Waals surface area contributed by atoms with E-state index in [1.807, 2.05) is 0 Å². The summed E-state index contributed by atoms with van der Waals surface area (Å²) in [6, 6.07) is 1.87. The fraction of sp³-hybridized carbons (Fsp3) is 0.385. The molecule has 0 amide bonds. The number of carboxylic acids is 1. The zero-order valence-corrected chi connectivity index (χ0v) is 11.5. The average molecular weight is 296 g/mol. The van der Waals surface area contributed by atoms with Gasteiger partial charge in [0.2, 0.25) is 0 Å². The van der Waals surface area contributed by atoms with Crippen molar-refractivity contribution >= 4 is 5.97 Å². The van der Waals surface area contributed by atoms with Gasteiger partial charge >= 0.3 is 5.97 Å². The number of aromatic nitrogens is 4. The lowest BCUT2D eigenvalue weighted by atomic mass is 10.1. The Labute approximate surface area is 119 Å². The van der Waals surface area contributed by atoms with Gasteiger partial charge in [0, 0.05) is 0 Å². The van der Waals surface area contributed by atoms with Crippen LogP contribution in [0.3, 0.4) is 0 Å². The standard InChI is InChI=1S/C13H14F2N4O2/c1-3-8(6-10(20)21)19-13(16-17-18-19)11-9(14)5-4-7(2)12(11)15/h4-5,8H,3,6H2,1-2H3,(H,20,21). The molecule has 2 rings (SSSR count). The molecule has 0 aliphatic carbocycles. The lowest BCUT2D eigenvalue weighted by Gasteiger charge is -2.15. The van der Waals surface area contributed by atoms with E-state index < -0.39 is 23.6 Å². The van der Waals surface area contributed by atoms with Crippen molar-refractivity contribution in [3.63, 3.8) is 0 Å². The molecule has 21 heavy (non-hydrogen) atoms. The van der Waals surface area contributed by atoms with Gasteiger partial charge in [-0.25, -0.2) is 13.5 Å². The van der Waals surface area contributed by atoms with E-state index in [0.29, 0.717) is 6.42 Å². The monoisotopic (exact) mass is 296 g/mol. The topological polar surface area (TPSA) is 80.9 Å². The number of halogens is 2. The Morgan fingerprint density at radius 2 is 2.14 bits per heavy atom. The molecule has 0 bridgehead atoms. The van der Waals surface area contributed by atoms with E-state index >= 15 is 0 Å². The van der Waals surface area contributed by atoms with Crippen molar-refractivity contribution in [2.45, 2.75) is 32.7 Å². The maximum Gasteiger partial charge on any atom is 0.305 e. The van der Waals surface area contributed by atoms with Crippen LogP contribution in [0.4, 0.5) is 8.78 Å². The molecule has 8 heteroatoms. The highest BCUT2D eigenvalue weighted by Gasteiger charge is 2.24. The van der Waals surface area contributed by atoms with Crippen molar-refractivity contribution in [3.8, 4) is 11.4 Å². The van der Waals surface area contributed by atoms with Gasteiger partial charge in [-0.15, -0.1) is 5.10 Å². The molecule has 0 fully saturated rings. The van der Waals surface area contributed by atoms with Gasteiger partial charge in [0.15, 0.2) is 5.82 Å². The molecule has 1 unspecified atom stereocenters. The van der Waals surface area contributed by atoms with E-state index in [-0.39, 0.29) is 23.4 Å². The third kappa shape index (κ3) is 2.88. The second-order valence-electron chi connectivity index (χ2n) is 4.66. The van der Waals surface area contributed by atoms with Crippen LogP contribution in [0, 0.1) is 18.6 Å². The first-order valence-electron chi connectivity index (χ1n) is 6.40. The lowest BCUT2D eigenvalue weighted by Crippen LogP contribution is -2.16. The molecular weight excluding hydrogens is 282 g/mol. The van der Waals surface area contributed by atoms with Gasteiger partial charge < -0.3 is 5.11 Å². The molecule has 0 radical (unpaired) electrons. The van der Waals surface area contributed by atoms with Crippen molar-refractivity contribution in [3.05, 3.63) is 29.3 Å². The molecule has 1 atom stereocenters. The first kappa shape index (κ1) is 15.0. The molecule has 1 aromatic heterocycles. The van der Waals surface area contributed by atoms with Gasteiger partial charge in [-0.3, -0.25) is 4.79 Å². The summed E-state index contributed by atoms with van der Waals surface area (Å²) >= 11 is 0. The van der Waals surface area contributed by atoms with E-state index in [1.54, 1.807) is 6.92 Å². The minimum atomic E-state index is -1.03. The molecule has 0 saturated carbocycles. The van der Waals surface area contributed by atoms with Crippen LogP contribution in [0.1, 0.15) is 31.4 Å². The summed E-state index contributed by atoms with van der Waals surface area (Å²) in [6.45, 7) is 3.25. The zero-order valence-electron chi connectivity index (χ0n) is 11.5. The second kappa shape index (κ2) is 5.94. The van der Waals surface area contributed by atoms with Crippen LogP contribution in [-0.4, -0.2) is 31.3 Å². The Morgan fingerprint density at radius 1 is 1.43 bits per heavy atom. The largest absolute Gasteiger partial charge is 0.481 e. The molecule has 0 aliphatic heterocycles. The Morgan fingerprint density at radius 3 is 2.76 bits per heavy atom. The quantitative estimate of drug-likeness (QED) is 0.916. The predicted molar refractivity (Wildman–Crippen MR) is 69.5 cm³/mol. The Balaban J connectivity index is 2.55. The molecule has 0 saturated heterocycles. The van der Waals surface area contributed by atoms with Gasteiger partial charge in [-0.1, -0.05) is 13.0 Å². The van der Waals surface area contributed by atoms with Crippen LogP contribution in [0.25, 0.3) is 11.4 Å². The van der Waals surface area contributed by atoms with E-state index in [0.717, 1.165) is 10.7 Å². The zero-order chi connectivity index (χ0) is 15.6. The van der Waals surface area contributed by atoms with Crippen molar-refractivity contribution in [1.29, 1.82) is 0 Å². The maximum atomic E-state index is 14.2. The fourth-order valence-corrected chi connectivity index (χ4v) is 2.07. The molecule has 1 heterocycles. The van der Waals surface area contributed by atoms with Crippen molar-refractivity contribution in [2.75, 3.05) is 0 Å². The minimum absolute atomic E-state index is 0.109. The number of nitrogens with zero attached hydrogens (tertiary/aromatic N) is 4. The van der Waals surface area contributed by atoms with Crippen LogP contribution in [0.2, 0.25) is 0 Å². The number of aliphatic carboxylic acids is 1. The van der Waals surface area contributed by atoms with Crippen LogP contribution in [0.15, 0.2) is 12.1 Å². The summed E-state index contributed by atoms with van der Waals surface area (Å²) in [7, 11) is 0. The summed E-state index contributed by atoms with van der Waals surface area (Å²) in [4.78, 5) is 10.9. The van der Waals surface area contributed by atoms with Gasteiger partial charge in [0.1, 0.15) is 11.6 Å². The Hall–Kier alpha value is -2.38. The number of aryl methyl sites for hydroxylation is 1. The molecule has 1 aromatic carbocycles. The predicted octanol–water partition coefficient (Wildman–Crippen LogP) is 2.35. The van der Waals surface area contributed by atoms with Crippen molar-refractivity contribution < 1.29 is 18.7 Å². The molecule has 0 spiro atoms. The number of rotatable bonds is 5. The third-order valence-electron chi connectivity index (χ3n) is 3.23. The number of tetrazole rings is 1. The van der Waals surface area contributed by atoms with Gasteiger partial charge in [-0.05, 0) is 35.4 Å². The molecule has 1 N–H and O–H groups in total. The lowest BCUT2D eigenvalue weighted by molar-refractivity contribution is -0.138. The number of benzene rings is 1. The molecular formula is C13H14F2N4O2. The van der Waals surface area contributed by atoms with Gasteiger partial charge in [0.05, 0.1) is 18.0 Å². The highest BCUT2D eigenvalue weighted by molar-refractivity contribution is 5.67. The van der Waals surface area contributed by atoms with Gasteiger partial charge in [-0.2, -0.15) is 0 Å². The first-order chi connectivity index (χ1) is 9.95. The highest BCUT2D eigenvalue weighted by atomic mass is 19.1. The summed E-state index contributed by atoms with van der Waals surface area (Å²) < 4.78 is 29.3. The Bertz CT molecular complexity index is 672. The average Bonchev–Trinajstić information content (AvgIpc) is 2.89. The maximum absolute atomic E-state index is 14.2. The van der Waals surface area contributed by atoms with E-state index in [2.05, 4.69) is 15.5 Å². The summed E-state index contributed by atoms with van der Waals surface area (Å²) in [5.41, 5.74) is -0.0870. The minimum Gasteiger partial charge on any atom is -0.481 e. The van der Waals surface area contributed by atoms with E-state index in [4.69, 9.17) is 5.11 Å². The summed E-state index contributed by atoms with van der Waals surface area (Å²) in [5, 5.41) is 19.7. The van der Waals surface area contributed by atoms with Crippen LogP contribution >= 0.6 is 0 Å². The third-order valence-corrected chi connectivity index (χ3v) is 3.23. The van der Waals surface area contributed by atoms with Gasteiger partial charge in [0.25, 0.3) is 0 Å². The Kier molecular flexibility index (Phi) is 4.25. The molecule has 0 aliphatic rings. The number of hydrogen-bond donors (Lipinski definition) is 1. The van der Waals surface area contributed by atoms with Crippen LogP contribution < -0.4 is 0 Å². The molecule has 112 valence electrons. The molecule has 6 nitrogen and oxygen atoms in total. The fourth-order valence-electron chi connectivity index (χ4n) is 2.07. The van der Waals surface area contributed by atoms with E-state index in [9.17, 15) is 13.6 Å². The van der Waals surface area contributed by atoms with Crippen molar-refractivity contribution in [2.24, 2.45) is 0 Å². The van der Waals surface area contributed by atoms with Crippen LogP contribution in [0.5, 0.6) is 0 Å². The summed E-state index contributed by atoms with van der Waals surface area (Å²) in [6.07, 6.45) is 0.184. The smallest absolute Gasteiger partial charge is 0.305 e. The highest BCUT2D eigenvalue weighted by Crippen LogP contribution is 2.29. The first-order valence-corrected chi connectivity index (χ1v) is 6.40. The number of carbonyl (C=O) groups is 1. The normalized spacial score (nSPS) is 12.4. The summed E-state index contributed by atoms with van der Waals surface area (Å²) in [5.74, 6) is -2.69. The second-order valence-corrected chi connectivity index (χ2v) is 4.66. The van der Waals surface area contributed by atoms with Crippen molar-refractivity contribution in [1.82, 2.24) is 20.2 Å². The SMILES string of the molecule is CCC(CC(=O)O)n1nnnc1-c1c(F)ccc(C)c1F. The number of hydrogen-bond acceptors (Lipinski definition) is 4. The molecule has 2 aromatic rings. The van der Waals surface area contributed by atoms with E-state index in [1.165, 1.54) is 13.0 Å². The van der Waals surface area contributed by atoms with Crippen LogP contribution in [-0.2, 0) is 4.79 Å².